The molecule has 3 rings (SSSR count). The van der Waals surface area contributed by atoms with Crippen molar-refractivity contribution in [1.29, 1.82) is 0 Å². The smallest absolute Gasteiger partial charge is 0 e. The summed E-state index contributed by atoms with van der Waals surface area (Å²) < 4.78 is 0. The maximum atomic E-state index is 3.50. The van der Waals surface area contributed by atoms with Crippen LogP contribution in [0.1, 0.15) is 68.9 Å². The zero-order valence-corrected chi connectivity index (χ0v) is 24.9. The van der Waals surface area contributed by atoms with Crippen LogP contribution in [-0.4, -0.2) is 0 Å². The molecule has 0 heterocycles. The summed E-state index contributed by atoms with van der Waals surface area (Å²) in [4.78, 5) is 0. The minimum absolute atomic E-state index is 0. The molecule has 30 heavy (non-hydrogen) atoms. The van der Waals surface area contributed by atoms with Crippen molar-refractivity contribution in [1.82, 2.24) is 0 Å². The van der Waals surface area contributed by atoms with Crippen LogP contribution in [0.5, 0.6) is 0 Å². The van der Waals surface area contributed by atoms with E-state index in [-0.39, 0.29) is 77.8 Å². The predicted octanol–water partition coefficient (Wildman–Crippen LogP) is 9.91. The summed E-state index contributed by atoms with van der Waals surface area (Å²) in [6, 6.07) is 18.7. The van der Waals surface area contributed by atoms with E-state index in [4.69, 9.17) is 0 Å². The number of allylic oxidation sites excluding steroid dienone is 1. The maximum Gasteiger partial charge on any atom is 0 e. The molecule has 1 heteroatoms. The second kappa shape index (κ2) is 30.4. The van der Waals surface area contributed by atoms with Gasteiger partial charge in [-0.05, 0) is 0 Å². The molecule has 0 amide bonds. The average Bonchev–Trinajstić information content (AvgIpc) is 3.24. The fourth-order valence-corrected chi connectivity index (χ4v) is 2.93. The number of hydrogen-bond acceptors (Lipinski definition) is 0. The normalized spacial score (nSPS) is 11.2. The van der Waals surface area contributed by atoms with Crippen LogP contribution in [0.3, 0.4) is 0 Å². The molecule has 0 aliphatic heterocycles. The van der Waals surface area contributed by atoms with E-state index in [2.05, 4.69) is 43.3 Å². The molecule has 0 fully saturated rings. The van der Waals surface area contributed by atoms with Gasteiger partial charge in [-0.15, -0.1) is 11.6 Å². The molecular formula is C29H49Hf-9. The van der Waals surface area contributed by atoms with E-state index >= 15 is 0 Å². The number of hydrogen-bond donors (Lipinski definition) is 0. The van der Waals surface area contributed by atoms with Gasteiger partial charge < -0.3 is 52.0 Å². The van der Waals surface area contributed by atoms with Crippen molar-refractivity contribution in [2.45, 2.75) is 57.8 Å². The van der Waals surface area contributed by atoms with E-state index in [1.54, 1.807) is 0 Å². The van der Waals surface area contributed by atoms with Gasteiger partial charge in [0, 0.05) is 25.8 Å². The van der Waals surface area contributed by atoms with Crippen LogP contribution in [-0.2, 0) is 25.8 Å². The second-order valence-corrected chi connectivity index (χ2v) is 6.01. The Morgan fingerprint density at radius 2 is 1.27 bits per heavy atom. The Kier molecular flexibility index (Phi) is 47.7. The summed E-state index contributed by atoms with van der Waals surface area (Å²) in [6.07, 6.45) is 15.2. The van der Waals surface area contributed by atoms with Crippen LogP contribution in [0.25, 0.3) is 6.08 Å². The molecule has 1 unspecified atom stereocenters. The number of rotatable bonds is 7. The molecule has 2 aromatic carbocycles. The largest absolute Gasteiger partial charge is 0.358 e. The first-order valence-electron chi connectivity index (χ1n) is 8.76. The Bertz CT molecular complexity index is 508. The van der Waals surface area contributed by atoms with E-state index < -0.39 is 0 Å². The van der Waals surface area contributed by atoms with Gasteiger partial charge in [0.25, 0.3) is 0 Å². The Labute approximate surface area is 212 Å². The summed E-state index contributed by atoms with van der Waals surface area (Å²) >= 11 is 0. The van der Waals surface area contributed by atoms with E-state index in [0.29, 0.717) is 5.92 Å². The Balaban J connectivity index is -0.0000000729. The molecule has 0 saturated carbocycles. The van der Waals surface area contributed by atoms with Gasteiger partial charge in [-0.3, -0.25) is 6.08 Å². The topological polar surface area (TPSA) is 0 Å². The van der Waals surface area contributed by atoms with Crippen LogP contribution in [0.2, 0.25) is 0 Å². The van der Waals surface area contributed by atoms with Crippen LogP contribution >= 0.6 is 0 Å². The SMILES string of the molecule is CCCCCCCCC1[C-]=Cc2ccccc21.[CH3-].[CH3-].[CH3-].[CH3-].[CH3-].[CH3-].[CH3-].[Hf].c1cc[cH-]c1. The zero-order valence-electron chi connectivity index (χ0n) is 21.3. The van der Waals surface area contributed by atoms with Crippen molar-refractivity contribution in [3.63, 3.8) is 0 Å². The molecule has 1 atom stereocenters. The molecule has 0 aromatic heterocycles. The van der Waals surface area contributed by atoms with Crippen molar-refractivity contribution in [2.75, 3.05) is 0 Å². The summed E-state index contributed by atoms with van der Waals surface area (Å²) in [7, 11) is 0. The van der Waals surface area contributed by atoms with Crippen LogP contribution < -0.4 is 0 Å². The fraction of sp³-hybridized carbons (Fsp3) is 0.310. The molecule has 1 aliphatic carbocycles. The Hall–Kier alpha value is -0.820. The van der Waals surface area contributed by atoms with Crippen molar-refractivity contribution in [2.24, 2.45) is 0 Å². The number of unbranched alkanes of at least 4 members (excludes halogenated alkanes) is 5. The predicted molar refractivity (Wildman–Crippen MR) is 142 cm³/mol. The van der Waals surface area contributed by atoms with Gasteiger partial charge in [0.15, 0.2) is 0 Å². The monoisotopic (exact) mass is 577 g/mol. The standard InChI is InChI=1S/C17H23.C5H5.7CH3.Hf/c1-2-3-4-5-6-7-10-15-13-14-16-11-8-9-12-17(15)16;1-2-4-5-3-1;;;;;;;;/h8-9,11-12,14-15H,2-7,10H2,1H3;1-5H;7*1H3;/q9*-1;. The fourth-order valence-electron chi connectivity index (χ4n) is 2.93. The molecule has 0 saturated heterocycles. The van der Waals surface area contributed by atoms with E-state index in [1.807, 2.05) is 30.3 Å². The molecular weight excluding hydrogens is 527 g/mol. The van der Waals surface area contributed by atoms with Gasteiger partial charge in [0.1, 0.15) is 0 Å². The third-order valence-corrected chi connectivity index (χ3v) is 4.21. The third-order valence-electron chi connectivity index (χ3n) is 4.21. The van der Waals surface area contributed by atoms with Crippen molar-refractivity contribution in [3.8, 4) is 0 Å². The summed E-state index contributed by atoms with van der Waals surface area (Å²) in [5.74, 6) is 0.567. The summed E-state index contributed by atoms with van der Waals surface area (Å²) in [5, 5.41) is 0. The molecule has 0 spiro atoms. The van der Waals surface area contributed by atoms with E-state index in [1.165, 1.54) is 56.1 Å². The van der Waals surface area contributed by atoms with Gasteiger partial charge in [0.05, 0.1) is 0 Å². The van der Waals surface area contributed by atoms with E-state index in [0.717, 1.165) is 0 Å². The summed E-state index contributed by atoms with van der Waals surface area (Å²) in [5.41, 5.74) is 2.87. The molecule has 178 valence electrons. The van der Waals surface area contributed by atoms with Crippen LogP contribution in [0.15, 0.2) is 54.6 Å². The van der Waals surface area contributed by atoms with Crippen LogP contribution in [0.4, 0.5) is 0 Å². The van der Waals surface area contributed by atoms with Crippen molar-refractivity contribution >= 4 is 6.08 Å². The molecule has 0 N–H and O–H groups in total. The van der Waals surface area contributed by atoms with Gasteiger partial charge >= 0.3 is 0 Å². The zero-order chi connectivity index (χ0) is 15.5. The summed E-state index contributed by atoms with van der Waals surface area (Å²) in [6.45, 7) is 2.27. The van der Waals surface area contributed by atoms with Crippen molar-refractivity contribution < 1.29 is 25.8 Å². The van der Waals surface area contributed by atoms with Gasteiger partial charge in [-0.25, -0.2) is 18.2 Å². The van der Waals surface area contributed by atoms with Gasteiger partial charge in [-0.2, -0.15) is 23.8 Å². The van der Waals surface area contributed by atoms with Crippen molar-refractivity contribution in [3.05, 3.63) is 124 Å². The molecule has 0 radical (unpaired) electrons. The van der Waals surface area contributed by atoms with Crippen LogP contribution in [0, 0.1) is 58.1 Å². The Morgan fingerprint density at radius 1 is 0.733 bits per heavy atom. The van der Waals surface area contributed by atoms with Gasteiger partial charge in [-0.1, -0.05) is 76.0 Å². The number of benzene rings is 1. The first kappa shape index (κ1) is 47.1. The maximum absolute atomic E-state index is 3.50. The van der Waals surface area contributed by atoms with Gasteiger partial charge in [0.2, 0.25) is 0 Å². The minimum atomic E-state index is 0. The molecule has 0 nitrogen and oxygen atoms in total. The molecule has 2 aromatic rings. The van der Waals surface area contributed by atoms with E-state index in [9.17, 15) is 0 Å². The molecule has 0 bridgehead atoms. The average molecular weight is 576 g/mol. The second-order valence-electron chi connectivity index (χ2n) is 6.01. The minimum Gasteiger partial charge on any atom is -0.358 e. The quantitative estimate of drug-likeness (QED) is 0.175. The first-order chi connectivity index (χ1) is 10.9. The molecule has 1 aliphatic rings. The Morgan fingerprint density at radius 3 is 1.80 bits per heavy atom. The third kappa shape index (κ3) is 18.0. The number of fused-ring (bicyclic) bond motifs is 1. The first-order valence-corrected chi connectivity index (χ1v) is 8.76.